The maximum absolute atomic E-state index is 10.7. The van der Waals surface area contributed by atoms with E-state index in [0.717, 1.165) is 0 Å². The molecule has 0 saturated heterocycles. The number of hydrogen-bond donors (Lipinski definition) is 6. The van der Waals surface area contributed by atoms with Crippen molar-refractivity contribution in [3.63, 3.8) is 0 Å². The summed E-state index contributed by atoms with van der Waals surface area (Å²) in [5, 5.41) is 35.0. The summed E-state index contributed by atoms with van der Waals surface area (Å²) in [6.07, 6.45) is -6.26. The van der Waals surface area contributed by atoms with Crippen molar-refractivity contribution >= 4 is 20.5 Å². The van der Waals surface area contributed by atoms with E-state index in [2.05, 4.69) is 3.73 Å². The van der Waals surface area contributed by atoms with Crippen molar-refractivity contribution in [2.45, 2.75) is 18.3 Å². The first kappa shape index (κ1) is 14.6. The zero-order valence-electron chi connectivity index (χ0n) is 7.29. The fraction of sp³-hybridized carbons (Fsp3) is 0.800. The Morgan fingerprint density at radius 2 is 1.73 bits per heavy atom. The first-order valence-corrected chi connectivity index (χ1v) is 6.84. The van der Waals surface area contributed by atoms with Crippen LogP contribution in [0.2, 0.25) is 0 Å². The van der Waals surface area contributed by atoms with Crippen LogP contribution in [0, 0.1) is 0 Å². The Kier molecular flexibility index (Phi) is 5.46. The Balaban J connectivity index is 4.38. The van der Waals surface area contributed by atoms with E-state index in [9.17, 15) is 8.53 Å². The van der Waals surface area contributed by atoms with Crippen LogP contribution in [0.3, 0.4) is 0 Å². The van der Waals surface area contributed by atoms with E-state index in [-0.39, 0.29) is 0 Å². The Morgan fingerprint density at radius 3 is 2.07 bits per heavy atom. The molecule has 9 nitrogen and oxygen atoms in total. The van der Waals surface area contributed by atoms with Crippen molar-refractivity contribution < 1.29 is 40.9 Å². The Hall–Kier alpha value is -0.412. The number of carbonyl (C=O) groups is 1. The van der Waals surface area contributed by atoms with E-state index in [0.29, 0.717) is 0 Å². The first-order chi connectivity index (χ1) is 6.69. The second-order valence-electron chi connectivity index (χ2n) is 2.59. The molecular formula is C5H11AsO9. The third-order valence-corrected chi connectivity index (χ3v) is 2.23. The fourth-order valence-electron chi connectivity index (χ4n) is 0.629. The fourth-order valence-corrected chi connectivity index (χ4v) is 1.35. The zero-order chi connectivity index (χ0) is 12.2. The van der Waals surface area contributed by atoms with Gasteiger partial charge in [0.2, 0.25) is 0 Å². The molecule has 6 N–H and O–H groups in total. The van der Waals surface area contributed by atoms with Crippen LogP contribution in [0.5, 0.6) is 0 Å². The van der Waals surface area contributed by atoms with Gasteiger partial charge in [-0.25, -0.2) is 0 Å². The van der Waals surface area contributed by atoms with Gasteiger partial charge in [-0.1, -0.05) is 0 Å². The van der Waals surface area contributed by atoms with Crippen LogP contribution in [0.1, 0.15) is 0 Å². The van der Waals surface area contributed by atoms with Gasteiger partial charge in [-0.2, -0.15) is 0 Å². The molecule has 0 aliphatic rings. The summed E-state index contributed by atoms with van der Waals surface area (Å²) in [5.41, 5.74) is 0. The van der Waals surface area contributed by atoms with Crippen molar-refractivity contribution in [1.82, 2.24) is 0 Å². The molecule has 0 amide bonds. The first-order valence-electron chi connectivity index (χ1n) is 3.63. The Bertz CT molecular complexity index is 259. The molecule has 15 heavy (non-hydrogen) atoms. The monoisotopic (exact) mass is 290 g/mol. The van der Waals surface area contributed by atoms with Crippen molar-refractivity contribution in [1.29, 1.82) is 0 Å². The number of aliphatic hydroxyl groups is 4. The zero-order valence-corrected chi connectivity index (χ0v) is 9.17. The average Bonchev–Trinajstić information content (AvgIpc) is 2.11. The van der Waals surface area contributed by atoms with E-state index >= 15 is 0 Å². The molecular weight excluding hydrogens is 279 g/mol. The third-order valence-electron chi connectivity index (χ3n) is 1.36. The summed E-state index contributed by atoms with van der Waals surface area (Å²) < 4.78 is 30.2. The molecule has 0 radical (unpaired) electrons. The summed E-state index contributed by atoms with van der Waals surface area (Å²) in [6, 6.07) is 0. The van der Waals surface area contributed by atoms with Crippen LogP contribution in [0.4, 0.5) is 0 Å². The summed E-state index contributed by atoms with van der Waals surface area (Å²) in [7, 11) is 0. The van der Waals surface area contributed by atoms with Crippen LogP contribution in [-0.4, -0.2) is 74.0 Å². The van der Waals surface area contributed by atoms with Crippen molar-refractivity contribution in [3.8, 4) is 0 Å². The summed E-state index contributed by atoms with van der Waals surface area (Å²) in [6.45, 7) is -0.938. The summed E-state index contributed by atoms with van der Waals surface area (Å²) in [5.74, 6) is -1.78. The van der Waals surface area contributed by atoms with Gasteiger partial charge in [-0.05, 0) is 0 Å². The minimum atomic E-state index is -5.71. The molecule has 0 saturated carbocycles. The van der Waals surface area contributed by atoms with E-state index < -0.39 is 45.4 Å². The van der Waals surface area contributed by atoms with E-state index in [1.54, 1.807) is 0 Å². The predicted molar refractivity (Wildman–Crippen MR) is 42.1 cm³/mol. The standard InChI is InChI=1S/C5H11AsO9/c7-1-2(8)3(9)4(10)5(11)15-6(12,13)14/h2-4,7-10H,1H2,(H2,12,13,14)/t2-,3-,4-/m1/s1. The maximum atomic E-state index is 10.7. The average molecular weight is 290 g/mol. The van der Waals surface area contributed by atoms with Crippen molar-refractivity contribution in [2.24, 2.45) is 0 Å². The van der Waals surface area contributed by atoms with E-state index in [1.165, 1.54) is 0 Å². The van der Waals surface area contributed by atoms with Gasteiger partial charge >= 0.3 is 86.3 Å². The number of aliphatic hydroxyl groups excluding tert-OH is 4. The van der Waals surface area contributed by atoms with E-state index in [1.807, 2.05) is 0 Å². The molecule has 0 bridgehead atoms. The topological polar surface area (TPSA) is 165 Å². The molecule has 3 atom stereocenters. The second-order valence-corrected chi connectivity index (χ2v) is 5.03. The van der Waals surface area contributed by atoms with Crippen molar-refractivity contribution in [3.05, 3.63) is 0 Å². The minimum absolute atomic E-state index is 0.938. The molecule has 0 aromatic heterocycles. The SMILES string of the molecule is O=C(O[As](=O)(O)O)[C@H](O)[C@H](O)[C@H](O)CO. The van der Waals surface area contributed by atoms with Gasteiger partial charge in [0.25, 0.3) is 0 Å². The van der Waals surface area contributed by atoms with Crippen LogP contribution < -0.4 is 0 Å². The van der Waals surface area contributed by atoms with Gasteiger partial charge in [0.1, 0.15) is 0 Å². The van der Waals surface area contributed by atoms with E-state index in [4.69, 9.17) is 28.6 Å². The number of hydrogen-bond acceptors (Lipinski definition) is 7. The van der Waals surface area contributed by atoms with Crippen LogP contribution in [-0.2, 0) is 12.3 Å². The normalized spacial score (nSPS) is 18.0. The molecule has 0 aliphatic heterocycles. The number of carbonyl (C=O) groups excluding carboxylic acids is 1. The van der Waals surface area contributed by atoms with Gasteiger partial charge in [0.05, 0.1) is 0 Å². The molecule has 90 valence electrons. The predicted octanol–water partition coefficient (Wildman–Crippen LogP) is -4.54. The van der Waals surface area contributed by atoms with Gasteiger partial charge in [-0.3, -0.25) is 0 Å². The van der Waals surface area contributed by atoms with Crippen LogP contribution >= 0.6 is 0 Å². The summed E-state index contributed by atoms with van der Waals surface area (Å²) in [4.78, 5) is 10.7. The van der Waals surface area contributed by atoms with Crippen molar-refractivity contribution in [2.75, 3.05) is 6.61 Å². The second kappa shape index (κ2) is 5.61. The number of rotatable bonds is 5. The molecule has 0 aliphatic carbocycles. The molecule has 10 heteroatoms. The Morgan fingerprint density at radius 1 is 1.27 bits per heavy atom. The third kappa shape index (κ3) is 5.28. The molecule has 0 aromatic carbocycles. The van der Waals surface area contributed by atoms with Gasteiger partial charge in [-0.15, -0.1) is 0 Å². The molecule has 0 spiro atoms. The quantitative estimate of drug-likeness (QED) is 0.273. The van der Waals surface area contributed by atoms with Crippen LogP contribution in [0.25, 0.3) is 0 Å². The molecule has 0 aromatic rings. The molecule has 0 fully saturated rings. The van der Waals surface area contributed by atoms with Gasteiger partial charge in [0.15, 0.2) is 0 Å². The Labute approximate surface area is 86.9 Å². The molecule has 0 rings (SSSR count). The molecule has 0 unspecified atom stereocenters. The van der Waals surface area contributed by atoms with Gasteiger partial charge < -0.3 is 0 Å². The van der Waals surface area contributed by atoms with Crippen LogP contribution in [0.15, 0.2) is 0 Å². The van der Waals surface area contributed by atoms with Gasteiger partial charge in [0, 0.05) is 0 Å². The summed E-state index contributed by atoms with van der Waals surface area (Å²) >= 11 is -5.71. The molecule has 0 heterocycles.